The van der Waals surface area contributed by atoms with Crippen molar-refractivity contribution >= 4 is 11.3 Å². The molecule has 0 aromatic carbocycles. The van der Waals surface area contributed by atoms with Crippen LogP contribution in [0.15, 0.2) is 10.5 Å². The van der Waals surface area contributed by atoms with Crippen LogP contribution in [0, 0.1) is 6.92 Å². The Bertz CT molecular complexity index is 287. The second-order valence-corrected chi connectivity index (χ2v) is 3.23. The number of thiazole rings is 1. The van der Waals surface area contributed by atoms with E-state index in [1.807, 2.05) is 19.2 Å². The van der Waals surface area contributed by atoms with Gasteiger partial charge < -0.3 is 0 Å². The number of aromatic nitrogens is 1. The summed E-state index contributed by atoms with van der Waals surface area (Å²) in [5.74, 6) is 0. The van der Waals surface area contributed by atoms with Gasteiger partial charge in [0.25, 0.3) is 0 Å². The van der Waals surface area contributed by atoms with E-state index in [0.29, 0.717) is 0 Å². The summed E-state index contributed by atoms with van der Waals surface area (Å²) in [6, 6.07) is -0.148. The summed E-state index contributed by atoms with van der Waals surface area (Å²) >= 11 is 1.56. The Labute approximate surface area is 68.5 Å². The Morgan fingerprint density at radius 2 is 2.55 bits per heavy atom. The van der Waals surface area contributed by atoms with Gasteiger partial charge >= 0.3 is 0 Å². The molecule has 58 valence electrons. The Morgan fingerprint density at radius 3 is 3.00 bits per heavy atom. The molecule has 1 rings (SSSR count). The molecule has 0 fully saturated rings. The van der Waals surface area contributed by atoms with Crippen LogP contribution in [0.5, 0.6) is 0 Å². The van der Waals surface area contributed by atoms with Crippen LogP contribution in [0.4, 0.5) is 0 Å². The van der Waals surface area contributed by atoms with Crippen molar-refractivity contribution in [2.75, 3.05) is 0 Å². The SMILES string of the molecule is Cc1nc([C@H](C)N=[N+]=[N-])cs1. The monoisotopic (exact) mass is 168 g/mol. The Balaban J connectivity index is 2.84. The van der Waals surface area contributed by atoms with E-state index in [2.05, 4.69) is 15.0 Å². The lowest BCUT2D eigenvalue weighted by molar-refractivity contribution is 0.777. The molecule has 0 unspecified atom stereocenters. The standard InChI is InChI=1S/C6H8N4S/c1-4(9-10-7)6-3-11-5(2)8-6/h3-4H,1-2H3/t4-/m0/s1. The quantitative estimate of drug-likeness (QED) is 0.380. The topological polar surface area (TPSA) is 61.7 Å². The van der Waals surface area contributed by atoms with Crippen molar-refractivity contribution in [1.29, 1.82) is 0 Å². The smallest absolute Gasteiger partial charge is 0.0897 e. The van der Waals surface area contributed by atoms with Gasteiger partial charge in [0.15, 0.2) is 0 Å². The van der Waals surface area contributed by atoms with Gasteiger partial charge in [0.05, 0.1) is 16.7 Å². The van der Waals surface area contributed by atoms with Crippen LogP contribution < -0.4 is 0 Å². The second-order valence-electron chi connectivity index (χ2n) is 2.17. The normalized spacial score (nSPS) is 12.2. The molecule has 4 nitrogen and oxygen atoms in total. The van der Waals surface area contributed by atoms with Gasteiger partial charge in [-0.05, 0) is 12.5 Å². The number of azide groups is 1. The number of aryl methyl sites for hydroxylation is 1. The van der Waals surface area contributed by atoms with Crippen molar-refractivity contribution in [1.82, 2.24) is 4.98 Å². The third-order valence-corrected chi connectivity index (χ3v) is 2.08. The van der Waals surface area contributed by atoms with Gasteiger partial charge in [-0.25, -0.2) is 4.98 Å². The molecule has 1 aromatic rings. The van der Waals surface area contributed by atoms with E-state index in [0.717, 1.165) is 10.7 Å². The average molecular weight is 168 g/mol. The Morgan fingerprint density at radius 1 is 1.82 bits per heavy atom. The summed E-state index contributed by atoms with van der Waals surface area (Å²) < 4.78 is 0. The molecular weight excluding hydrogens is 160 g/mol. The first kappa shape index (κ1) is 8.04. The van der Waals surface area contributed by atoms with E-state index in [1.165, 1.54) is 0 Å². The fraction of sp³-hybridized carbons (Fsp3) is 0.500. The molecule has 0 radical (unpaired) electrons. The zero-order valence-electron chi connectivity index (χ0n) is 6.35. The van der Waals surface area contributed by atoms with Gasteiger partial charge in [0, 0.05) is 10.3 Å². The summed E-state index contributed by atoms with van der Waals surface area (Å²) in [6.07, 6.45) is 0. The van der Waals surface area contributed by atoms with Crippen molar-refractivity contribution in [3.05, 3.63) is 26.5 Å². The van der Waals surface area contributed by atoms with Crippen LogP contribution in [-0.4, -0.2) is 4.98 Å². The highest BCUT2D eigenvalue weighted by molar-refractivity contribution is 7.09. The predicted molar refractivity (Wildman–Crippen MR) is 44.4 cm³/mol. The highest BCUT2D eigenvalue weighted by atomic mass is 32.1. The van der Waals surface area contributed by atoms with Crippen LogP contribution in [0.25, 0.3) is 10.4 Å². The molecule has 0 aliphatic carbocycles. The first-order valence-electron chi connectivity index (χ1n) is 3.20. The highest BCUT2D eigenvalue weighted by Gasteiger charge is 2.04. The van der Waals surface area contributed by atoms with Gasteiger partial charge in [-0.3, -0.25) is 0 Å². The van der Waals surface area contributed by atoms with Crippen molar-refractivity contribution in [2.45, 2.75) is 19.9 Å². The number of hydrogen-bond acceptors (Lipinski definition) is 3. The van der Waals surface area contributed by atoms with Crippen LogP contribution in [0.1, 0.15) is 23.7 Å². The maximum absolute atomic E-state index is 8.14. The fourth-order valence-corrected chi connectivity index (χ4v) is 1.41. The molecule has 0 N–H and O–H groups in total. The minimum atomic E-state index is -0.148. The summed E-state index contributed by atoms with van der Waals surface area (Å²) in [7, 11) is 0. The molecular formula is C6H8N4S. The van der Waals surface area contributed by atoms with E-state index in [-0.39, 0.29) is 6.04 Å². The minimum Gasteiger partial charge on any atom is -0.246 e. The number of rotatable bonds is 2. The van der Waals surface area contributed by atoms with E-state index in [1.54, 1.807) is 11.3 Å². The number of nitrogens with zero attached hydrogens (tertiary/aromatic N) is 4. The number of hydrogen-bond donors (Lipinski definition) is 0. The van der Waals surface area contributed by atoms with Crippen LogP contribution in [-0.2, 0) is 0 Å². The van der Waals surface area contributed by atoms with Gasteiger partial charge in [-0.15, -0.1) is 11.3 Å². The molecule has 0 aliphatic rings. The van der Waals surface area contributed by atoms with Crippen LogP contribution in [0.3, 0.4) is 0 Å². The summed E-state index contributed by atoms with van der Waals surface area (Å²) in [5, 5.41) is 6.44. The van der Waals surface area contributed by atoms with E-state index in [4.69, 9.17) is 5.53 Å². The van der Waals surface area contributed by atoms with E-state index < -0.39 is 0 Å². The maximum atomic E-state index is 8.14. The summed E-state index contributed by atoms with van der Waals surface area (Å²) in [5.41, 5.74) is 8.99. The first-order valence-corrected chi connectivity index (χ1v) is 4.08. The fourth-order valence-electron chi connectivity index (χ4n) is 0.709. The first-order chi connectivity index (χ1) is 5.24. The summed E-state index contributed by atoms with van der Waals surface area (Å²) in [4.78, 5) is 6.89. The van der Waals surface area contributed by atoms with Crippen molar-refractivity contribution in [3.8, 4) is 0 Å². The van der Waals surface area contributed by atoms with E-state index in [9.17, 15) is 0 Å². The van der Waals surface area contributed by atoms with Gasteiger partial charge in [-0.2, -0.15) is 0 Å². The van der Waals surface area contributed by atoms with Crippen molar-refractivity contribution in [2.24, 2.45) is 5.11 Å². The van der Waals surface area contributed by atoms with Crippen LogP contribution in [0.2, 0.25) is 0 Å². The predicted octanol–water partition coefficient (Wildman–Crippen LogP) is 2.82. The molecule has 0 saturated carbocycles. The van der Waals surface area contributed by atoms with Gasteiger partial charge in [-0.1, -0.05) is 12.0 Å². The zero-order valence-corrected chi connectivity index (χ0v) is 7.17. The largest absolute Gasteiger partial charge is 0.246 e. The Hall–Kier alpha value is -1.06. The zero-order chi connectivity index (χ0) is 8.27. The van der Waals surface area contributed by atoms with E-state index >= 15 is 0 Å². The average Bonchev–Trinajstić information content (AvgIpc) is 2.36. The Kier molecular flexibility index (Phi) is 2.46. The van der Waals surface area contributed by atoms with Gasteiger partial charge in [0.2, 0.25) is 0 Å². The van der Waals surface area contributed by atoms with Crippen LogP contribution >= 0.6 is 11.3 Å². The second kappa shape index (κ2) is 3.37. The highest BCUT2D eigenvalue weighted by Crippen LogP contribution is 2.18. The molecule has 0 spiro atoms. The molecule has 1 heterocycles. The molecule has 0 saturated heterocycles. The maximum Gasteiger partial charge on any atom is 0.0897 e. The molecule has 1 aromatic heterocycles. The summed E-state index contributed by atoms with van der Waals surface area (Å²) in [6.45, 7) is 3.76. The van der Waals surface area contributed by atoms with Gasteiger partial charge in [0.1, 0.15) is 0 Å². The molecule has 0 amide bonds. The lowest BCUT2D eigenvalue weighted by atomic mass is 10.3. The third-order valence-electron chi connectivity index (χ3n) is 1.29. The molecule has 0 bridgehead atoms. The minimum absolute atomic E-state index is 0.148. The lowest BCUT2D eigenvalue weighted by Gasteiger charge is -1.95. The van der Waals surface area contributed by atoms with Crippen molar-refractivity contribution in [3.63, 3.8) is 0 Å². The molecule has 1 atom stereocenters. The van der Waals surface area contributed by atoms with Crippen molar-refractivity contribution < 1.29 is 0 Å². The molecule has 0 aliphatic heterocycles. The molecule has 11 heavy (non-hydrogen) atoms. The lowest BCUT2D eigenvalue weighted by Crippen LogP contribution is -1.87. The third kappa shape index (κ3) is 1.93. The molecule has 5 heteroatoms.